The fraction of sp³-hybridized carbons (Fsp3) is 0.433. The van der Waals surface area contributed by atoms with Crippen molar-refractivity contribution in [3.63, 3.8) is 0 Å². The molecule has 4 heteroatoms. The number of nitrogens with zero attached hydrogens (tertiary/aromatic N) is 2. The third kappa shape index (κ3) is 4.85. The number of carbonyl (C=O) groups excluding carboxylic acids is 1. The van der Waals surface area contributed by atoms with E-state index >= 15 is 0 Å². The molecule has 0 radical (unpaired) electrons. The fourth-order valence-electron chi connectivity index (χ4n) is 5.79. The minimum Gasteiger partial charge on any atom is -0.345 e. The normalized spacial score (nSPS) is 15.8. The summed E-state index contributed by atoms with van der Waals surface area (Å²) in [6.07, 6.45) is 6.92. The van der Waals surface area contributed by atoms with Crippen LogP contribution in [0, 0.1) is 28.6 Å². The van der Waals surface area contributed by atoms with Crippen molar-refractivity contribution < 1.29 is 4.79 Å². The van der Waals surface area contributed by atoms with Crippen LogP contribution < -0.4 is 0 Å². The Kier molecular flexibility index (Phi) is 7.63. The SMILES string of the molecule is CC[C@@H](CCc1cc2ccc(C#N)cc2n1CC)C(=N)C(=O)C(c1ccccc1)C1CCCC1. The molecule has 2 atom stereocenters. The number of aryl methyl sites for hydroxylation is 2. The second-order valence-corrected chi connectivity index (χ2v) is 9.62. The van der Waals surface area contributed by atoms with E-state index in [1.807, 2.05) is 36.4 Å². The minimum absolute atomic E-state index is 0.0275. The van der Waals surface area contributed by atoms with Gasteiger partial charge >= 0.3 is 0 Å². The van der Waals surface area contributed by atoms with Gasteiger partial charge in [0, 0.05) is 23.7 Å². The van der Waals surface area contributed by atoms with E-state index in [-0.39, 0.29) is 17.6 Å². The number of fused-ring (bicyclic) bond motifs is 1. The molecule has 1 aliphatic carbocycles. The number of hydrogen-bond donors (Lipinski definition) is 1. The number of nitriles is 1. The molecule has 1 saturated carbocycles. The largest absolute Gasteiger partial charge is 0.345 e. The predicted octanol–water partition coefficient (Wildman–Crippen LogP) is 7.05. The summed E-state index contributed by atoms with van der Waals surface area (Å²) in [5.74, 6) is 0.152. The number of aromatic nitrogens is 1. The van der Waals surface area contributed by atoms with Gasteiger partial charge < -0.3 is 9.98 Å². The van der Waals surface area contributed by atoms with Crippen molar-refractivity contribution in [2.45, 2.75) is 71.3 Å². The Morgan fingerprint density at radius 2 is 1.85 bits per heavy atom. The van der Waals surface area contributed by atoms with Crippen molar-refractivity contribution >= 4 is 22.4 Å². The van der Waals surface area contributed by atoms with Crippen molar-refractivity contribution in [1.82, 2.24) is 4.57 Å². The summed E-state index contributed by atoms with van der Waals surface area (Å²) in [5, 5.41) is 19.3. The van der Waals surface area contributed by atoms with Crippen molar-refractivity contribution in [3.05, 3.63) is 71.4 Å². The molecule has 176 valence electrons. The van der Waals surface area contributed by atoms with Crippen LogP contribution in [0.5, 0.6) is 0 Å². The van der Waals surface area contributed by atoms with E-state index in [0.717, 1.165) is 55.1 Å². The molecule has 0 aliphatic heterocycles. The Balaban J connectivity index is 1.53. The quantitative estimate of drug-likeness (QED) is 0.334. The first kappa shape index (κ1) is 24.0. The Labute approximate surface area is 203 Å². The van der Waals surface area contributed by atoms with Gasteiger partial charge in [0.25, 0.3) is 0 Å². The molecule has 2 aromatic carbocycles. The Hall–Kier alpha value is -3.19. The third-order valence-corrected chi connectivity index (χ3v) is 7.66. The van der Waals surface area contributed by atoms with Gasteiger partial charge in [0.15, 0.2) is 5.78 Å². The number of rotatable bonds is 10. The predicted molar refractivity (Wildman–Crippen MR) is 138 cm³/mol. The van der Waals surface area contributed by atoms with Gasteiger partial charge in [0.2, 0.25) is 0 Å². The van der Waals surface area contributed by atoms with Crippen LogP contribution in [-0.4, -0.2) is 16.1 Å². The van der Waals surface area contributed by atoms with Crippen LogP contribution in [0.15, 0.2) is 54.6 Å². The highest BCUT2D eigenvalue weighted by Crippen LogP contribution is 2.39. The summed E-state index contributed by atoms with van der Waals surface area (Å²) in [6, 6.07) is 20.4. The van der Waals surface area contributed by atoms with Gasteiger partial charge in [-0.3, -0.25) is 4.79 Å². The van der Waals surface area contributed by atoms with Gasteiger partial charge in [0.05, 0.1) is 23.3 Å². The molecule has 1 heterocycles. The van der Waals surface area contributed by atoms with Crippen LogP contribution in [0.25, 0.3) is 10.9 Å². The van der Waals surface area contributed by atoms with Gasteiger partial charge in [-0.05, 0) is 74.1 Å². The van der Waals surface area contributed by atoms with E-state index in [0.29, 0.717) is 17.2 Å². The number of Topliss-reactive ketones (excluding diaryl/α,β-unsaturated/α-hetero) is 1. The molecule has 1 fully saturated rings. The lowest BCUT2D eigenvalue weighted by Gasteiger charge is -2.25. The first-order valence-corrected chi connectivity index (χ1v) is 12.8. The summed E-state index contributed by atoms with van der Waals surface area (Å²) >= 11 is 0. The molecule has 0 amide bonds. The van der Waals surface area contributed by atoms with Gasteiger partial charge in [-0.15, -0.1) is 0 Å². The highest BCUT2D eigenvalue weighted by molar-refractivity contribution is 6.41. The molecule has 1 unspecified atom stereocenters. The highest BCUT2D eigenvalue weighted by Gasteiger charge is 2.35. The molecule has 0 spiro atoms. The highest BCUT2D eigenvalue weighted by atomic mass is 16.1. The Morgan fingerprint density at radius 3 is 2.50 bits per heavy atom. The van der Waals surface area contributed by atoms with Crippen LogP contribution in [0.1, 0.15) is 75.1 Å². The number of nitrogens with one attached hydrogen (secondary N) is 1. The van der Waals surface area contributed by atoms with Gasteiger partial charge in [0.1, 0.15) is 0 Å². The van der Waals surface area contributed by atoms with E-state index < -0.39 is 0 Å². The fourth-order valence-corrected chi connectivity index (χ4v) is 5.79. The van der Waals surface area contributed by atoms with Crippen LogP contribution in [0.4, 0.5) is 0 Å². The topological polar surface area (TPSA) is 69.6 Å². The summed E-state index contributed by atoms with van der Waals surface area (Å²) in [6.45, 7) is 5.05. The first-order chi connectivity index (χ1) is 16.6. The Morgan fingerprint density at radius 1 is 1.12 bits per heavy atom. The number of hydrogen-bond acceptors (Lipinski definition) is 3. The monoisotopic (exact) mass is 453 g/mol. The summed E-state index contributed by atoms with van der Waals surface area (Å²) < 4.78 is 2.26. The lowest BCUT2D eigenvalue weighted by molar-refractivity contribution is -0.115. The van der Waals surface area contributed by atoms with E-state index in [2.05, 4.69) is 42.7 Å². The second kappa shape index (κ2) is 10.8. The average molecular weight is 454 g/mol. The molecule has 1 aromatic heterocycles. The summed E-state index contributed by atoms with van der Waals surface area (Å²) in [5.41, 5.74) is 4.33. The summed E-state index contributed by atoms with van der Waals surface area (Å²) in [4.78, 5) is 13.7. The third-order valence-electron chi connectivity index (χ3n) is 7.66. The van der Waals surface area contributed by atoms with E-state index in [9.17, 15) is 10.1 Å². The van der Waals surface area contributed by atoms with Crippen LogP contribution in [-0.2, 0) is 17.8 Å². The van der Waals surface area contributed by atoms with Gasteiger partial charge in [-0.25, -0.2) is 0 Å². The van der Waals surface area contributed by atoms with Gasteiger partial charge in [-0.1, -0.05) is 56.2 Å². The maximum atomic E-state index is 13.7. The first-order valence-electron chi connectivity index (χ1n) is 12.8. The average Bonchev–Trinajstić information content (AvgIpc) is 3.52. The maximum absolute atomic E-state index is 13.7. The van der Waals surface area contributed by atoms with E-state index in [1.165, 1.54) is 18.5 Å². The summed E-state index contributed by atoms with van der Waals surface area (Å²) in [7, 11) is 0. The van der Waals surface area contributed by atoms with Crippen molar-refractivity contribution in [1.29, 1.82) is 10.7 Å². The zero-order chi connectivity index (χ0) is 24.1. The second-order valence-electron chi connectivity index (χ2n) is 9.62. The van der Waals surface area contributed by atoms with Crippen LogP contribution in [0.3, 0.4) is 0 Å². The van der Waals surface area contributed by atoms with Crippen LogP contribution >= 0.6 is 0 Å². The van der Waals surface area contributed by atoms with E-state index in [4.69, 9.17) is 5.41 Å². The van der Waals surface area contributed by atoms with E-state index in [1.54, 1.807) is 0 Å². The molecular weight excluding hydrogens is 418 g/mol. The van der Waals surface area contributed by atoms with Crippen molar-refractivity contribution in [2.24, 2.45) is 11.8 Å². The van der Waals surface area contributed by atoms with Crippen molar-refractivity contribution in [2.75, 3.05) is 0 Å². The molecule has 4 nitrogen and oxygen atoms in total. The zero-order valence-corrected chi connectivity index (χ0v) is 20.4. The Bertz CT molecular complexity index is 1200. The minimum atomic E-state index is -0.184. The molecule has 34 heavy (non-hydrogen) atoms. The lowest BCUT2D eigenvalue weighted by Crippen LogP contribution is -2.31. The molecule has 1 N–H and O–H groups in total. The molecule has 0 saturated heterocycles. The molecule has 4 rings (SSSR count). The number of ketones is 1. The van der Waals surface area contributed by atoms with Crippen molar-refractivity contribution in [3.8, 4) is 6.07 Å². The molecule has 3 aromatic rings. The lowest BCUT2D eigenvalue weighted by atomic mass is 9.77. The zero-order valence-electron chi connectivity index (χ0n) is 20.4. The maximum Gasteiger partial charge on any atom is 0.184 e. The standard InChI is InChI=1S/C30H35N3O/c1-3-22(16-17-26-19-25-15-14-21(20-31)18-27(25)33(26)4-2)29(32)30(34)28(24-12-8-9-13-24)23-10-6-5-7-11-23/h5-7,10-11,14-15,18-19,22,24,28,32H,3-4,8-9,12-13,16-17H2,1-2H3/t22-,28?/m0/s1. The van der Waals surface area contributed by atoms with Gasteiger partial charge in [-0.2, -0.15) is 5.26 Å². The number of carbonyl (C=O) groups is 1. The smallest absolute Gasteiger partial charge is 0.184 e. The van der Waals surface area contributed by atoms with Crippen LogP contribution in [0.2, 0.25) is 0 Å². The molecule has 1 aliphatic rings. The molecular formula is C30H35N3O. The molecule has 0 bridgehead atoms. The number of benzene rings is 2.